The number of alkyl halides is 3. The molecule has 2 aromatic heterocycles. The summed E-state index contributed by atoms with van der Waals surface area (Å²) in [5.74, 6) is 0.521. The van der Waals surface area contributed by atoms with E-state index in [0.717, 1.165) is 0 Å². The second-order valence-corrected chi connectivity index (χ2v) is 4.43. The van der Waals surface area contributed by atoms with Gasteiger partial charge >= 0.3 is 6.18 Å². The van der Waals surface area contributed by atoms with E-state index in [9.17, 15) is 13.2 Å². The maximum absolute atomic E-state index is 12.6. The van der Waals surface area contributed by atoms with Gasteiger partial charge in [0.05, 0.1) is 6.33 Å². The van der Waals surface area contributed by atoms with E-state index < -0.39 is 11.7 Å². The number of nitrogen functional groups attached to an aromatic ring is 1. The van der Waals surface area contributed by atoms with E-state index in [-0.39, 0.29) is 25.5 Å². The minimum Gasteiger partial charge on any atom is -0.368 e. The molecule has 1 aliphatic heterocycles. The van der Waals surface area contributed by atoms with Crippen molar-refractivity contribution >= 4 is 22.9 Å². The van der Waals surface area contributed by atoms with Gasteiger partial charge in [-0.2, -0.15) is 23.1 Å². The van der Waals surface area contributed by atoms with Gasteiger partial charge < -0.3 is 15.6 Å². The fraction of sp³-hybridized carbons (Fsp3) is 0.364. The van der Waals surface area contributed by atoms with Crippen LogP contribution >= 0.6 is 0 Å². The third-order valence-electron chi connectivity index (χ3n) is 3.16. The first-order valence-corrected chi connectivity index (χ1v) is 5.93. The number of aromatic amines is 1. The molecule has 0 saturated carbocycles. The lowest BCUT2D eigenvalue weighted by molar-refractivity contribution is -0.0944. The standard InChI is InChI=1S/C11H11F3N6/c12-11(13,14)6-1-3-20(4-2-6)9-7-8(17-5-16-7)18-10(15)19-9/h1,5H,2-4H2,(H3,15,16,17,18,19). The minimum atomic E-state index is -4.26. The number of aromatic nitrogens is 4. The summed E-state index contributed by atoms with van der Waals surface area (Å²) in [5, 5.41) is 0. The fourth-order valence-corrected chi connectivity index (χ4v) is 2.18. The molecule has 0 spiro atoms. The van der Waals surface area contributed by atoms with Crippen molar-refractivity contribution in [3.8, 4) is 0 Å². The Kier molecular flexibility index (Phi) is 2.77. The summed E-state index contributed by atoms with van der Waals surface area (Å²) < 4.78 is 37.8. The molecule has 0 atom stereocenters. The highest BCUT2D eigenvalue weighted by atomic mass is 19.4. The Morgan fingerprint density at radius 2 is 2.10 bits per heavy atom. The second kappa shape index (κ2) is 4.36. The number of hydrogen-bond acceptors (Lipinski definition) is 5. The van der Waals surface area contributed by atoms with Gasteiger partial charge in [0, 0.05) is 18.7 Å². The van der Waals surface area contributed by atoms with Crippen molar-refractivity contribution in [1.29, 1.82) is 0 Å². The molecule has 3 rings (SSSR count). The minimum absolute atomic E-state index is 0.0465. The topological polar surface area (TPSA) is 83.7 Å². The molecule has 0 radical (unpaired) electrons. The number of hydrogen-bond donors (Lipinski definition) is 2. The van der Waals surface area contributed by atoms with Gasteiger partial charge in [-0.15, -0.1) is 0 Å². The van der Waals surface area contributed by atoms with Gasteiger partial charge in [-0.25, -0.2) is 4.98 Å². The van der Waals surface area contributed by atoms with Crippen molar-refractivity contribution in [2.75, 3.05) is 23.7 Å². The molecule has 0 saturated heterocycles. The van der Waals surface area contributed by atoms with E-state index in [0.29, 0.717) is 17.0 Å². The van der Waals surface area contributed by atoms with Crippen molar-refractivity contribution < 1.29 is 13.2 Å². The Labute approximate surface area is 111 Å². The molecule has 1 aliphatic rings. The smallest absolute Gasteiger partial charge is 0.368 e. The third kappa shape index (κ3) is 2.15. The summed E-state index contributed by atoms with van der Waals surface area (Å²) in [4.78, 5) is 16.6. The number of rotatable bonds is 1. The lowest BCUT2D eigenvalue weighted by atomic mass is 10.1. The summed E-state index contributed by atoms with van der Waals surface area (Å²) in [6, 6.07) is 0. The molecule has 0 bridgehead atoms. The molecule has 0 aliphatic carbocycles. The van der Waals surface area contributed by atoms with Gasteiger partial charge in [0.25, 0.3) is 0 Å². The number of nitrogens with one attached hydrogen (secondary N) is 1. The number of imidazole rings is 1. The quantitative estimate of drug-likeness (QED) is 0.778. The number of anilines is 2. The molecule has 6 nitrogen and oxygen atoms in total. The molecule has 106 valence electrons. The van der Waals surface area contributed by atoms with Gasteiger partial charge in [0.2, 0.25) is 5.95 Å². The number of halogens is 3. The summed E-state index contributed by atoms with van der Waals surface area (Å²) in [6.45, 7) is 0.343. The van der Waals surface area contributed by atoms with Crippen LogP contribution in [0.1, 0.15) is 6.42 Å². The number of H-pyrrole nitrogens is 1. The molecule has 9 heteroatoms. The Bertz CT molecular complexity index is 674. The van der Waals surface area contributed by atoms with Gasteiger partial charge in [-0.1, -0.05) is 6.08 Å². The molecule has 0 amide bonds. The largest absolute Gasteiger partial charge is 0.412 e. The van der Waals surface area contributed by atoms with Crippen LogP contribution in [0.4, 0.5) is 24.9 Å². The first-order chi connectivity index (χ1) is 9.45. The van der Waals surface area contributed by atoms with Crippen LogP contribution in [0.2, 0.25) is 0 Å². The number of fused-ring (bicyclic) bond motifs is 1. The highest BCUT2D eigenvalue weighted by molar-refractivity contribution is 5.84. The van der Waals surface area contributed by atoms with Crippen LogP contribution in [0.5, 0.6) is 0 Å². The van der Waals surface area contributed by atoms with E-state index in [4.69, 9.17) is 5.73 Å². The second-order valence-electron chi connectivity index (χ2n) is 4.43. The first kappa shape index (κ1) is 12.7. The van der Waals surface area contributed by atoms with Crippen LogP contribution in [0.15, 0.2) is 18.0 Å². The monoisotopic (exact) mass is 284 g/mol. The number of nitrogens with two attached hydrogens (primary N) is 1. The van der Waals surface area contributed by atoms with Crippen molar-refractivity contribution in [2.45, 2.75) is 12.6 Å². The summed E-state index contributed by atoms with van der Waals surface area (Å²) in [5.41, 5.74) is 6.06. The lowest BCUT2D eigenvalue weighted by Gasteiger charge is -2.28. The predicted molar refractivity (Wildman–Crippen MR) is 67.1 cm³/mol. The molecule has 20 heavy (non-hydrogen) atoms. The lowest BCUT2D eigenvalue weighted by Crippen LogP contribution is -2.32. The molecule has 0 fully saturated rings. The maximum atomic E-state index is 12.6. The highest BCUT2D eigenvalue weighted by Crippen LogP contribution is 2.32. The predicted octanol–water partition coefficient (Wildman–Crippen LogP) is 1.63. The highest BCUT2D eigenvalue weighted by Gasteiger charge is 2.35. The molecular weight excluding hydrogens is 273 g/mol. The van der Waals surface area contributed by atoms with Crippen molar-refractivity contribution in [3.63, 3.8) is 0 Å². The van der Waals surface area contributed by atoms with E-state index in [1.54, 1.807) is 4.90 Å². The Balaban J connectivity index is 1.94. The average Bonchev–Trinajstić information content (AvgIpc) is 2.85. The summed E-state index contributed by atoms with van der Waals surface area (Å²) in [7, 11) is 0. The van der Waals surface area contributed by atoms with Crippen molar-refractivity contribution in [3.05, 3.63) is 18.0 Å². The summed E-state index contributed by atoms with van der Waals surface area (Å²) >= 11 is 0. The number of nitrogens with zero attached hydrogens (tertiary/aromatic N) is 4. The molecule has 0 unspecified atom stereocenters. The normalized spacial score (nSPS) is 16.6. The van der Waals surface area contributed by atoms with Gasteiger partial charge in [-0.3, -0.25) is 0 Å². The zero-order valence-electron chi connectivity index (χ0n) is 10.3. The van der Waals surface area contributed by atoms with Crippen molar-refractivity contribution in [2.24, 2.45) is 0 Å². The Hall–Kier alpha value is -2.32. The van der Waals surface area contributed by atoms with Gasteiger partial charge in [0.1, 0.15) is 5.52 Å². The third-order valence-corrected chi connectivity index (χ3v) is 3.16. The molecule has 2 aromatic rings. The van der Waals surface area contributed by atoms with Crippen LogP contribution in [0.3, 0.4) is 0 Å². The van der Waals surface area contributed by atoms with Gasteiger partial charge in [0.15, 0.2) is 11.5 Å². The fourth-order valence-electron chi connectivity index (χ4n) is 2.18. The zero-order chi connectivity index (χ0) is 14.3. The SMILES string of the molecule is Nc1nc(N2CC=C(C(F)(F)F)CC2)c2[nH]cnc2n1. The molecular formula is C11H11F3N6. The van der Waals surface area contributed by atoms with E-state index in [1.165, 1.54) is 12.4 Å². The van der Waals surface area contributed by atoms with Crippen LogP contribution in [-0.4, -0.2) is 39.2 Å². The molecule has 0 aromatic carbocycles. The van der Waals surface area contributed by atoms with E-state index in [1.807, 2.05) is 0 Å². The Morgan fingerprint density at radius 3 is 2.75 bits per heavy atom. The first-order valence-electron chi connectivity index (χ1n) is 5.93. The molecule has 3 N–H and O–H groups in total. The average molecular weight is 284 g/mol. The van der Waals surface area contributed by atoms with Crippen LogP contribution < -0.4 is 10.6 Å². The maximum Gasteiger partial charge on any atom is 0.412 e. The van der Waals surface area contributed by atoms with Crippen molar-refractivity contribution in [1.82, 2.24) is 19.9 Å². The van der Waals surface area contributed by atoms with Crippen LogP contribution in [-0.2, 0) is 0 Å². The van der Waals surface area contributed by atoms with Crippen LogP contribution in [0, 0.1) is 0 Å². The van der Waals surface area contributed by atoms with E-state index in [2.05, 4.69) is 19.9 Å². The summed E-state index contributed by atoms with van der Waals surface area (Å²) in [6.07, 6.45) is -1.73. The van der Waals surface area contributed by atoms with Gasteiger partial charge in [-0.05, 0) is 6.42 Å². The zero-order valence-corrected chi connectivity index (χ0v) is 10.3. The van der Waals surface area contributed by atoms with E-state index >= 15 is 0 Å². The van der Waals surface area contributed by atoms with Crippen LogP contribution in [0.25, 0.3) is 11.2 Å². The Morgan fingerprint density at radius 1 is 1.30 bits per heavy atom. The molecule has 3 heterocycles.